The van der Waals surface area contributed by atoms with E-state index < -0.39 is 15.9 Å². The molecule has 0 atom stereocenters. The molecule has 1 aliphatic rings. The van der Waals surface area contributed by atoms with Crippen LogP contribution in [0.4, 0.5) is 5.69 Å². The van der Waals surface area contributed by atoms with Gasteiger partial charge in [-0.2, -0.15) is 5.10 Å². The van der Waals surface area contributed by atoms with Gasteiger partial charge in [-0.15, -0.1) is 0 Å². The van der Waals surface area contributed by atoms with Crippen LogP contribution in [-0.4, -0.2) is 33.4 Å². The van der Waals surface area contributed by atoms with E-state index in [4.69, 9.17) is 5.73 Å². The van der Waals surface area contributed by atoms with Gasteiger partial charge in [-0.05, 0) is 18.2 Å². The summed E-state index contributed by atoms with van der Waals surface area (Å²) in [4.78, 5) is 16.1. The number of nitrogens with two attached hydrogens (primary N) is 1. The second-order valence-corrected chi connectivity index (χ2v) is 6.20. The van der Waals surface area contributed by atoms with Gasteiger partial charge in [-0.3, -0.25) is 9.48 Å². The maximum atomic E-state index is 12.4. The predicted molar refractivity (Wildman–Crippen MR) is 68.9 cm³/mol. The second-order valence-electron chi connectivity index (χ2n) is 4.37. The van der Waals surface area contributed by atoms with Crippen LogP contribution < -0.4 is 5.73 Å². The lowest BCUT2D eigenvalue weighted by Crippen LogP contribution is -2.30. The van der Waals surface area contributed by atoms with Crippen LogP contribution in [0, 0.1) is 0 Å². The van der Waals surface area contributed by atoms with Crippen LogP contribution >= 0.6 is 0 Å². The number of anilines is 1. The Balaban J connectivity index is 2.08. The molecule has 0 fully saturated rings. The number of rotatable bonds is 2. The standard InChI is InChI=1S/C11H11N5O3S/c1-15-10(13-6-14-15)5-16-11(17)8-3-2-7(12)4-9(8)20(16,18)19/h2-4,6H,5,12H2,1H3. The number of fused-ring (bicyclic) bond motifs is 1. The number of nitrogens with zero attached hydrogens (tertiary/aromatic N) is 4. The van der Waals surface area contributed by atoms with Gasteiger partial charge >= 0.3 is 0 Å². The fraction of sp³-hybridized carbons (Fsp3) is 0.182. The minimum atomic E-state index is -3.89. The Kier molecular flexibility index (Phi) is 2.54. The lowest BCUT2D eigenvalue weighted by Gasteiger charge is -2.13. The molecule has 0 spiro atoms. The number of sulfonamides is 1. The molecule has 3 rings (SSSR count). The topological polar surface area (TPSA) is 111 Å². The Hall–Kier alpha value is -2.42. The third-order valence-electron chi connectivity index (χ3n) is 3.12. The highest BCUT2D eigenvalue weighted by Crippen LogP contribution is 2.32. The summed E-state index contributed by atoms with van der Waals surface area (Å²) in [5.41, 5.74) is 6.00. The molecule has 9 heteroatoms. The van der Waals surface area contributed by atoms with E-state index in [0.717, 1.165) is 4.31 Å². The molecule has 0 saturated heterocycles. The zero-order valence-corrected chi connectivity index (χ0v) is 11.3. The van der Waals surface area contributed by atoms with Crippen LogP contribution in [0.1, 0.15) is 16.2 Å². The van der Waals surface area contributed by atoms with Crippen molar-refractivity contribution in [2.45, 2.75) is 11.4 Å². The first kappa shape index (κ1) is 12.6. The number of hydrogen-bond acceptors (Lipinski definition) is 6. The largest absolute Gasteiger partial charge is 0.399 e. The van der Waals surface area contributed by atoms with Gasteiger partial charge in [0, 0.05) is 12.7 Å². The smallest absolute Gasteiger partial charge is 0.269 e. The van der Waals surface area contributed by atoms with Gasteiger partial charge in [0.1, 0.15) is 17.0 Å². The molecule has 1 aromatic carbocycles. The molecule has 20 heavy (non-hydrogen) atoms. The normalized spacial score (nSPS) is 16.4. The van der Waals surface area contributed by atoms with Gasteiger partial charge in [-0.25, -0.2) is 17.7 Å². The molecule has 0 unspecified atom stereocenters. The summed E-state index contributed by atoms with van der Waals surface area (Å²) in [5, 5.41) is 3.85. The predicted octanol–water partition coefficient (Wildman–Crippen LogP) is -0.258. The molecule has 2 heterocycles. The fourth-order valence-corrected chi connectivity index (χ4v) is 3.60. The molecule has 1 amide bonds. The van der Waals surface area contributed by atoms with Gasteiger partial charge in [0.15, 0.2) is 0 Å². The van der Waals surface area contributed by atoms with Crippen molar-refractivity contribution in [2.24, 2.45) is 7.05 Å². The van der Waals surface area contributed by atoms with Crippen molar-refractivity contribution in [3.8, 4) is 0 Å². The van der Waals surface area contributed by atoms with E-state index in [0.29, 0.717) is 11.5 Å². The number of nitrogen functional groups attached to an aromatic ring is 1. The summed E-state index contributed by atoms with van der Waals surface area (Å²) in [5.74, 6) is -0.203. The van der Waals surface area contributed by atoms with E-state index in [-0.39, 0.29) is 17.0 Å². The minimum absolute atomic E-state index is 0.0651. The Bertz CT molecular complexity index is 811. The summed E-state index contributed by atoms with van der Waals surface area (Å²) in [6.45, 7) is -0.160. The number of aryl methyl sites for hydroxylation is 1. The Labute approximate surface area is 114 Å². The highest BCUT2D eigenvalue weighted by molar-refractivity contribution is 7.90. The number of benzene rings is 1. The first-order chi connectivity index (χ1) is 9.41. The van der Waals surface area contributed by atoms with Gasteiger partial charge in [0.2, 0.25) is 0 Å². The van der Waals surface area contributed by atoms with Gasteiger partial charge < -0.3 is 5.73 Å². The van der Waals surface area contributed by atoms with Crippen LogP contribution in [0.5, 0.6) is 0 Å². The second kappa shape index (κ2) is 4.04. The van der Waals surface area contributed by atoms with Crippen LogP contribution in [0.25, 0.3) is 0 Å². The number of hydrogen-bond donors (Lipinski definition) is 1. The molecule has 1 aromatic heterocycles. The lowest BCUT2D eigenvalue weighted by molar-refractivity contribution is 0.0862. The third-order valence-corrected chi connectivity index (χ3v) is 4.89. The van der Waals surface area contributed by atoms with Gasteiger partial charge in [-0.1, -0.05) is 0 Å². The summed E-state index contributed by atoms with van der Waals surface area (Å²) in [7, 11) is -2.26. The Morgan fingerprint density at radius 3 is 2.75 bits per heavy atom. The maximum Gasteiger partial charge on any atom is 0.269 e. The number of aromatic nitrogens is 3. The van der Waals surface area contributed by atoms with Crippen molar-refractivity contribution in [3.05, 3.63) is 35.9 Å². The first-order valence-electron chi connectivity index (χ1n) is 5.71. The quantitative estimate of drug-likeness (QED) is 0.764. The summed E-state index contributed by atoms with van der Waals surface area (Å²) < 4.78 is 26.9. The molecule has 0 aliphatic carbocycles. The molecule has 0 bridgehead atoms. The van der Waals surface area contributed by atoms with E-state index in [1.54, 1.807) is 7.05 Å². The average molecular weight is 293 g/mol. The minimum Gasteiger partial charge on any atom is -0.399 e. The fourth-order valence-electron chi connectivity index (χ4n) is 2.04. The van der Waals surface area contributed by atoms with Gasteiger partial charge in [0.05, 0.1) is 12.1 Å². The van der Waals surface area contributed by atoms with Crippen LogP contribution in [0.3, 0.4) is 0 Å². The van der Waals surface area contributed by atoms with E-state index in [2.05, 4.69) is 10.1 Å². The zero-order valence-electron chi connectivity index (χ0n) is 10.5. The van der Waals surface area contributed by atoms with Crippen LogP contribution in [0.15, 0.2) is 29.4 Å². The molecule has 2 N–H and O–H groups in total. The van der Waals surface area contributed by atoms with E-state index in [1.807, 2.05) is 0 Å². The van der Waals surface area contributed by atoms with Crippen molar-refractivity contribution < 1.29 is 13.2 Å². The summed E-state index contributed by atoms with van der Waals surface area (Å²) >= 11 is 0. The van der Waals surface area contributed by atoms with Crippen molar-refractivity contribution in [1.82, 2.24) is 19.1 Å². The highest BCUT2D eigenvalue weighted by Gasteiger charge is 2.41. The van der Waals surface area contributed by atoms with Crippen molar-refractivity contribution in [2.75, 3.05) is 5.73 Å². The van der Waals surface area contributed by atoms with E-state index >= 15 is 0 Å². The third kappa shape index (κ3) is 1.67. The van der Waals surface area contributed by atoms with Crippen LogP contribution in [-0.2, 0) is 23.6 Å². The molecule has 104 valence electrons. The SMILES string of the molecule is Cn1ncnc1CN1C(=O)c2ccc(N)cc2S1(=O)=O. The summed E-state index contributed by atoms with van der Waals surface area (Å²) in [6, 6.07) is 4.21. The molecule has 8 nitrogen and oxygen atoms in total. The monoisotopic (exact) mass is 293 g/mol. The Morgan fingerprint density at radius 1 is 1.35 bits per heavy atom. The van der Waals surface area contributed by atoms with Gasteiger partial charge in [0.25, 0.3) is 15.9 Å². The molecule has 0 saturated carbocycles. The molecular weight excluding hydrogens is 282 g/mol. The molecule has 1 aliphatic heterocycles. The molecular formula is C11H11N5O3S. The lowest BCUT2D eigenvalue weighted by atomic mass is 10.2. The number of amides is 1. The van der Waals surface area contributed by atoms with E-state index in [1.165, 1.54) is 29.2 Å². The van der Waals surface area contributed by atoms with Crippen molar-refractivity contribution >= 4 is 21.6 Å². The maximum absolute atomic E-state index is 12.4. The zero-order chi connectivity index (χ0) is 14.5. The number of carbonyl (C=O) groups excluding carboxylic acids is 1. The van der Waals surface area contributed by atoms with Crippen molar-refractivity contribution in [3.63, 3.8) is 0 Å². The van der Waals surface area contributed by atoms with Crippen molar-refractivity contribution in [1.29, 1.82) is 0 Å². The Morgan fingerprint density at radius 2 is 2.10 bits per heavy atom. The molecule has 2 aromatic rings. The first-order valence-corrected chi connectivity index (χ1v) is 7.15. The summed E-state index contributed by atoms with van der Waals surface area (Å²) in [6.07, 6.45) is 1.30. The molecule has 0 radical (unpaired) electrons. The highest BCUT2D eigenvalue weighted by atomic mass is 32.2. The number of carbonyl (C=O) groups is 1. The average Bonchev–Trinajstić information content (AvgIpc) is 2.86. The van der Waals surface area contributed by atoms with E-state index in [9.17, 15) is 13.2 Å². The van der Waals surface area contributed by atoms with Crippen LogP contribution in [0.2, 0.25) is 0 Å².